The summed E-state index contributed by atoms with van der Waals surface area (Å²) in [4.78, 5) is 8.10. The number of rotatable bonds is 6. The monoisotopic (exact) mass is 257 g/mol. The van der Waals surface area contributed by atoms with Gasteiger partial charge in [0.1, 0.15) is 12.1 Å². The number of anilines is 1. The molecule has 0 aliphatic rings. The third-order valence-electron chi connectivity index (χ3n) is 2.70. The highest BCUT2D eigenvalue weighted by Gasteiger charge is 2.04. The first-order valence-corrected chi connectivity index (χ1v) is 6.52. The van der Waals surface area contributed by atoms with Crippen LogP contribution in [0.1, 0.15) is 24.6 Å². The number of ether oxygens (including phenoxy) is 1. The minimum absolute atomic E-state index is 0.661. The molecule has 0 saturated heterocycles. The molecule has 1 aromatic carbocycles. The van der Waals surface area contributed by atoms with Crippen molar-refractivity contribution < 1.29 is 4.74 Å². The lowest BCUT2D eigenvalue weighted by molar-refractivity contribution is 0.318. The number of benzene rings is 1. The molecule has 2 rings (SSSR count). The van der Waals surface area contributed by atoms with E-state index in [1.807, 2.05) is 12.1 Å². The lowest BCUT2D eigenvalue weighted by Gasteiger charge is -2.13. The highest BCUT2D eigenvalue weighted by atomic mass is 16.5. The van der Waals surface area contributed by atoms with E-state index in [0.29, 0.717) is 6.54 Å². The van der Waals surface area contributed by atoms with E-state index >= 15 is 0 Å². The van der Waals surface area contributed by atoms with Gasteiger partial charge in [0.05, 0.1) is 24.5 Å². The summed E-state index contributed by atoms with van der Waals surface area (Å²) < 4.78 is 5.76. The van der Waals surface area contributed by atoms with Gasteiger partial charge in [0.15, 0.2) is 0 Å². The zero-order valence-electron chi connectivity index (χ0n) is 11.4. The number of nitrogens with one attached hydrogen (secondary N) is 1. The summed E-state index contributed by atoms with van der Waals surface area (Å²) in [7, 11) is 0. The first kappa shape index (κ1) is 13.3. The molecular formula is C15H19N3O. The fourth-order valence-electron chi connectivity index (χ4n) is 1.72. The summed E-state index contributed by atoms with van der Waals surface area (Å²) in [5.41, 5.74) is 3.15. The van der Waals surface area contributed by atoms with Crippen LogP contribution in [-0.2, 0) is 6.54 Å². The lowest BCUT2D eigenvalue weighted by Crippen LogP contribution is -2.05. The Morgan fingerprint density at radius 2 is 2.16 bits per heavy atom. The maximum absolute atomic E-state index is 5.76. The highest BCUT2D eigenvalue weighted by Crippen LogP contribution is 2.26. The van der Waals surface area contributed by atoms with Crippen molar-refractivity contribution in [2.75, 3.05) is 11.9 Å². The maximum Gasteiger partial charge on any atom is 0.142 e. The Balaban J connectivity index is 2.06. The quantitative estimate of drug-likeness (QED) is 0.863. The molecule has 0 unspecified atom stereocenters. The Hall–Kier alpha value is -2.10. The SMILES string of the molecule is CCCOc1cc(C)ccc1NCc1ccncn1. The molecule has 0 fully saturated rings. The Morgan fingerprint density at radius 1 is 1.26 bits per heavy atom. The van der Waals surface area contributed by atoms with E-state index in [9.17, 15) is 0 Å². The van der Waals surface area contributed by atoms with Gasteiger partial charge >= 0.3 is 0 Å². The molecule has 4 nitrogen and oxygen atoms in total. The van der Waals surface area contributed by atoms with Gasteiger partial charge in [-0.05, 0) is 37.1 Å². The number of aromatic nitrogens is 2. The molecule has 19 heavy (non-hydrogen) atoms. The van der Waals surface area contributed by atoms with Crippen LogP contribution in [0.5, 0.6) is 5.75 Å². The first-order chi connectivity index (χ1) is 9.29. The van der Waals surface area contributed by atoms with Crippen molar-refractivity contribution in [3.05, 3.63) is 48.0 Å². The molecule has 1 heterocycles. The van der Waals surface area contributed by atoms with Gasteiger partial charge in [-0.25, -0.2) is 9.97 Å². The molecule has 100 valence electrons. The Labute approximate surface area is 113 Å². The largest absolute Gasteiger partial charge is 0.491 e. The molecule has 2 aromatic rings. The van der Waals surface area contributed by atoms with Gasteiger partial charge in [-0.3, -0.25) is 0 Å². The number of aryl methyl sites for hydroxylation is 1. The van der Waals surface area contributed by atoms with E-state index in [4.69, 9.17) is 4.74 Å². The van der Waals surface area contributed by atoms with Gasteiger partial charge in [0.2, 0.25) is 0 Å². The van der Waals surface area contributed by atoms with Crippen LogP contribution in [0.15, 0.2) is 36.8 Å². The molecule has 0 aliphatic heterocycles. The van der Waals surface area contributed by atoms with Crippen molar-refractivity contribution >= 4 is 5.69 Å². The minimum Gasteiger partial charge on any atom is -0.491 e. The summed E-state index contributed by atoms with van der Waals surface area (Å²) in [5.74, 6) is 0.899. The van der Waals surface area contributed by atoms with Crippen LogP contribution in [-0.4, -0.2) is 16.6 Å². The summed E-state index contributed by atoms with van der Waals surface area (Å²) in [6, 6.07) is 8.06. The van der Waals surface area contributed by atoms with Gasteiger partial charge in [-0.1, -0.05) is 13.0 Å². The van der Waals surface area contributed by atoms with E-state index < -0.39 is 0 Å². The fraction of sp³-hybridized carbons (Fsp3) is 0.333. The smallest absolute Gasteiger partial charge is 0.142 e. The molecule has 0 saturated carbocycles. The van der Waals surface area contributed by atoms with Gasteiger partial charge in [0, 0.05) is 6.20 Å². The Morgan fingerprint density at radius 3 is 2.89 bits per heavy atom. The standard InChI is InChI=1S/C15H19N3O/c1-3-8-19-15-9-12(2)4-5-14(15)17-10-13-6-7-16-11-18-13/h4-7,9,11,17H,3,8,10H2,1-2H3. The van der Waals surface area contributed by atoms with Crippen LogP contribution in [0.3, 0.4) is 0 Å². The van der Waals surface area contributed by atoms with Crippen molar-refractivity contribution in [3.63, 3.8) is 0 Å². The Bertz CT molecular complexity index is 514. The van der Waals surface area contributed by atoms with Crippen LogP contribution < -0.4 is 10.1 Å². The van der Waals surface area contributed by atoms with Crippen molar-refractivity contribution in [2.24, 2.45) is 0 Å². The molecule has 0 amide bonds. The van der Waals surface area contributed by atoms with Crippen LogP contribution in [0.4, 0.5) is 5.69 Å². The second kappa shape index (κ2) is 6.73. The lowest BCUT2D eigenvalue weighted by atomic mass is 10.2. The minimum atomic E-state index is 0.661. The van der Waals surface area contributed by atoms with E-state index in [1.54, 1.807) is 12.5 Å². The molecule has 0 atom stereocenters. The third kappa shape index (κ3) is 3.95. The van der Waals surface area contributed by atoms with Crippen molar-refractivity contribution in [1.82, 2.24) is 9.97 Å². The van der Waals surface area contributed by atoms with E-state index in [1.165, 1.54) is 5.56 Å². The summed E-state index contributed by atoms with van der Waals surface area (Å²) in [6.45, 7) is 5.55. The molecule has 0 radical (unpaired) electrons. The third-order valence-corrected chi connectivity index (χ3v) is 2.70. The van der Waals surface area contributed by atoms with E-state index in [0.717, 1.165) is 30.2 Å². The average molecular weight is 257 g/mol. The summed E-state index contributed by atoms with van der Waals surface area (Å²) in [6.07, 6.45) is 4.30. The number of nitrogens with zero attached hydrogens (tertiary/aromatic N) is 2. The number of hydrogen-bond donors (Lipinski definition) is 1. The van der Waals surface area contributed by atoms with E-state index in [2.05, 4.69) is 41.3 Å². The fourth-order valence-corrected chi connectivity index (χ4v) is 1.72. The maximum atomic E-state index is 5.76. The van der Waals surface area contributed by atoms with E-state index in [-0.39, 0.29) is 0 Å². The highest BCUT2D eigenvalue weighted by molar-refractivity contribution is 5.57. The molecular weight excluding hydrogens is 238 g/mol. The Kier molecular flexibility index (Phi) is 4.72. The normalized spacial score (nSPS) is 10.2. The van der Waals surface area contributed by atoms with Crippen molar-refractivity contribution in [3.8, 4) is 5.75 Å². The molecule has 0 aliphatic carbocycles. The zero-order valence-corrected chi connectivity index (χ0v) is 11.4. The van der Waals surface area contributed by atoms with Gasteiger partial charge in [0.25, 0.3) is 0 Å². The molecule has 1 N–H and O–H groups in total. The number of hydrogen-bond acceptors (Lipinski definition) is 4. The second-order valence-corrected chi connectivity index (χ2v) is 4.40. The van der Waals surface area contributed by atoms with Crippen molar-refractivity contribution in [1.29, 1.82) is 0 Å². The summed E-state index contributed by atoms with van der Waals surface area (Å²) in [5, 5.41) is 3.35. The van der Waals surface area contributed by atoms with Crippen LogP contribution >= 0.6 is 0 Å². The van der Waals surface area contributed by atoms with Crippen LogP contribution in [0.2, 0.25) is 0 Å². The topological polar surface area (TPSA) is 47.0 Å². The molecule has 0 bridgehead atoms. The van der Waals surface area contributed by atoms with Gasteiger partial charge in [-0.2, -0.15) is 0 Å². The predicted octanol–water partition coefficient (Wildman–Crippen LogP) is 3.19. The predicted molar refractivity (Wildman–Crippen MR) is 76.3 cm³/mol. The second-order valence-electron chi connectivity index (χ2n) is 4.40. The zero-order chi connectivity index (χ0) is 13.5. The van der Waals surface area contributed by atoms with Gasteiger partial charge in [-0.15, -0.1) is 0 Å². The molecule has 1 aromatic heterocycles. The van der Waals surface area contributed by atoms with Crippen LogP contribution in [0, 0.1) is 6.92 Å². The summed E-state index contributed by atoms with van der Waals surface area (Å²) >= 11 is 0. The molecule has 0 spiro atoms. The van der Waals surface area contributed by atoms with Crippen LogP contribution in [0.25, 0.3) is 0 Å². The van der Waals surface area contributed by atoms with Crippen molar-refractivity contribution in [2.45, 2.75) is 26.8 Å². The first-order valence-electron chi connectivity index (χ1n) is 6.52. The van der Waals surface area contributed by atoms with Gasteiger partial charge < -0.3 is 10.1 Å². The average Bonchev–Trinajstić information content (AvgIpc) is 2.45. The molecule has 4 heteroatoms.